The Morgan fingerprint density at radius 2 is 1.07 bits per heavy atom. The summed E-state index contributed by atoms with van der Waals surface area (Å²) in [6.07, 6.45) is 6.23. The van der Waals surface area contributed by atoms with Crippen molar-refractivity contribution in [2.75, 3.05) is 0 Å². The van der Waals surface area contributed by atoms with Crippen molar-refractivity contribution >= 4 is 61.7 Å². The quantitative estimate of drug-likeness (QED) is 0.154. The second-order valence-electron chi connectivity index (χ2n) is 13.3. The van der Waals surface area contributed by atoms with Gasteiger partial charge in [-0.05, 0) is 53.6 Å². The molecule has 0 amide bonds. The Morgan fingerprint density at radius 3 is 1.77 bits per heavy atom. The van der Waals surface area contributed by atoms with Gasteiger partial charge in [0.15, 0.2) is 28.9 Å². The van der Waals surface area contributed by atoms with Gasteiger partial charge in [0.25, 0.3) is 0 Å². The summed E-state index contributed by atoms with van der Waals surface area (Å²) in [5, 5.41) is 2.06. The van der Waals surface area contributed by atoms with Gasteiger partial charge in [0.05, 0.1) is 0 Å². The first kappa shape index (κ1) is 33.2. The van der Waals surface area contributed by atoms with Crippen LogP contribution in [0.2, 0.25) is 0 Å². The van der Waals surface area contributed by atoms with Crippen LogP contribution < -0.4 is 0 Å². The van der Waals surface area contributed by atoms with Gasteiger partial charge in [0, 0.05) is 48.2 Å². The highest BCUT2D eigenvalue weighted by Crippen LogP contribution is 2.38. The van der Waals surface area contributed by atoms with Crippen LogP contribution in [0.3, 0.4) is 0 Å². The number of aromatic nitrogens is 5. The van der Waals surface area contributed by atoms with E-state index in [-0.39, 0.29) is 0 Å². The maximum absolute atomic E-state index is 6.31. The van der Waals surface area contributed by atoms with E-state index in [0.29, 0.717) is 28.9 Å². The smallest absolute Gasteiger partial charge is 0.180 e. The highest BCUT2D eigenvalue weighted by molar-refractivity contribution is 7.20. The monoisotopic (exact) mass is 737 g/mol. The molecule has 0 bridgehead atoms. The molecule has 10 rings (SSSR count). The van der Waals surface area contributed by atoms with Gasteiger partial charge in [-0.1, -0.05) is 140 Å². The number of rotatable bonds is 8. The number of nitrogens with zero attached hydrogens (tertiary/aromatic N) is 5. The Morgan fingerprint density at radius 1 is 0.482 bits per heavy atom. The number of furan rings is 1. The Labute approximate surface area is 326 Å². The number of hydrogen-bond acceptors (Lipinski definition) is 7. The topological polar surface area (TPSA) is 77.6 Å². The lowest BCUT2D eigenvalue weighted by molar-refractivity contribution is 0.667. The van der Waals surface area contributed by atoms with E-state index in [2.05, 4.69) is 67.3 Å². The van der Waals surface area contributed by atoms with E-state index in [9.17, 15) is 0 Å². The van der Waals surface area contributed by atoms with E-state index in [4.69, 9.17) is 29.3 Å². The predicted octanol–water partition coefficient (Wildman–Crippen LogP) is 12.9. The van der Waals surface area contributed by atoms with Crippen molar-refractivity contribution in [3.05, 3.63) is 180 Å². The zero-order valence-electron chi connectivity index (χ0n) is 30.0. The molecule has 0 N–H and O–H groups in total. The summed E-state index contributed by atoms with van der Waals surface area (Å²) in [6.45, 7) is 4.22. The molecule has 7 heteroatoms. The van der Waals surface area contributed by atoms with Gasteiger partial charge in [-0.25, -0.2) is 24.9 Å². The van der Waals surface area contributed by atoms with Crippen LogP contribution in [-0.4, -0.2) is 24.9 Å². The van der Waals surface area contributed by atoms with Crippen LogP contribution in [0.15, 0.2) is 169 Å². The van der Waals surface area contributed by atoms with E-state index in [1.54, 1.807) is 11.3 Å². The van der Waals surface area contributed by atoms with Crippen LogP contribution in [0.5, 0.6) is 0 Å². The van der Waals surface area contributed by atoms with Crippen molar-refractivity contribution in [2.45, 2.75) is 0 Å². The molecule has 0 fully saturated rings. The highest BCUT2D eigenvalue weighted by Gasteiger charge is 2.19. The molecule has 0 radical (unpaired) electrons. The second-order valence-corrected chi connectivity index (χ2v) is 14.4. The van der Waals surface area contributed by atoms with E-state index in [1.807, 2.05) is 115 Å². The number of benzene rings is 6. The molecule has 0 saturated heterocycles. The molecule has 0 atom stereocenters. The molecule has 6 nitrogen and oxygen atoms in total. The van der Waals surface area contributed by atoms with E-state index in [1.165, 1.54) is 0 Å². The van der Waals surface area contributed by atoms with E-state index < -0.39 is 0 Å². The third-order valence-corrected chi connectivity index (χ3v) is 10.9. The molecule has 0 aliphatic carbocycles. The fourth-order valence-electron chi connectivity index (χ4n) is 7.01. The molecule has 0 saturated carbocycles. The fourth-order valence-corrected chi connectivity index (χ4v) is 8.10. The number of para-hydroxylation sites is 1. The van der Waals surface area contributed by atoms with Crippen LogP contribution in [0.25, 0.3) is 107 Å². The minimum Gasteiger partial charge on any atom is -0.452 e. The van der Waals surface area contributed by atoms with E-state index >= 15 is 0 Å². The van der Waals surface area contributed by atoms with Crippen LogP contribution in [0.4, 0.5) is 0 Å². The zero-order chi connectivity index (χ0) is 37.4. The summed E-state index contributed by atoms with van der Waals surface area (Å²) >= 11 is 1.73. The molecule has 6 aromatic carbocycles. The average molecular weight is 738 g/mol. The summed E-state index contributed by atoms with van der Waals surface area (Å²) in [4.78, 5) is 26.0. The van der Waals surface area contributed by atoms with Gasteiger partial charge >= 0.3 is 0 Å². The van der Waals surface area contributed by atoms with Crippen molar-refractivity contribution < 1.29 is 4.42 Å². The zero-order valence-corrected chi connectivity index (χ0v) is 30.8. The lowest BCUT2D eigenvalue weighted by Crippen LogP contribution is -2.00. The predicted molar refractivity (Wildman–Crippen MR) is 231 cm³/mol. The molecular weight excluding hydrogens is 707 g/mol. The second kappa shape index (κ2) is 14.1. The van der Waals surface area contributed by atoms with Crippen LogP contribution >= 0.6 is 11.3 Å². The highest BCUT2D eigenvalue weighted by atomic mass is 32.1. The van der Waals surface area contributed by atoms with Crippen molar-refractivity contribution in [3.63, 3.8) is 0 Å². The van der Waals surface area contributed by atoms with Crippen molar-refractivity contribution in [1.82, 2.24) is 24.9 Å². The lowest BCUT2D eigenvalue weighted by Gasteiger charge is -2.08. The molecule has 0 unspecified atom stereocenters. The van der Waals surface area contributed by atoms with Gasteiger partial charge in [0.2, 0.25) is 0 Å². The van der Waals surface area contributed by atoms with Gasteiger partial charge in [-0.3, -0.25) is 0 Å². The molecule has 56 heavy (non-hydrogen) atoms. The molecule has 0 spiro atoms. The van der Waals surface area contributed by atoms with Crippen LogP contribution in [-0.2, 0) is 0 Å². The standard InChI is InChI=1S/C49H31N5OS/c1-2-37-39-30-36(49-53-46(33-18-8-4-9-19-33)52-47(54-49)34-20-10-5-11-21-34)26-28-42(39)56-41(37)27-25-31-15-14-22-35(29-31)48-50-43(32-16-6-3-7-17-32)45-44(51-48)38-23-12-13-24-40(38)55-45/h2-30H,1H2/b27-25+. The minimum atomic E-state index is 0.619. The van der Waals surface area contributed by atoms with Gasteiger partial charge in [-0.2, -0.15) is 0 Å². The molecule has 4 aromatic heterocycles. The van der Waals surface area contributed by atoms with Crippen LogP contribution in [0, 0.1) is 0 Å². The normalized spacial score (nSPS) is 11.6. The molecule has 0 aliphatic heterocycles. The van der Waals surface area contributed by atoms with Crippen molar-refractivity contribution in [2.24, 2.45) is 0 Å². The summed E-state index contributed by atoms with van der Waals surface area (Å²) < 4.78 is 7.47. The maximum Gasteiger partial charge on any atom is 0.180 e. The SMILES string of the molecule is C=Cc1c(/C=C/c2cccc(-c3nc(-c4ccccc4)c4oc5ccccc5c4n3)c2)sc2ccc(-c3nc(-c4ccccc4)nc(-c4ccccc4)n3)cc12. The summed E-state index contributed by atoms with van der Waals surface area (Å²) in [5.74, 6) is 2.53. The van der Waals surface area contributed by atoms with Gasteiger partial charge < -0.3 is 4.42 Å². The summed E-state index contributed by atoms with van der Waals surface area (Å²) in [6, 6.07) is 52.9. The van der Waals surface area contributed by atoms with E-state index in [0.717, 1.165) is 76.1 Å². The van der Waals surface area contributed by atoms with Crippen molar-refractivity contribution in [1.29, 1.82) is 0 Å². The van der Waals surface area contributed by atoms with Gasteiger partial charge in [-0.15, -0.1) is 11.3 Å². The van der Waals surface area contributed by atoms with Gasteiger partial charge in [0.1, 0.15) is 16.8 Å². The molecule has 264 valence electrons. The Hall–Kier alpha value is -7.35. The average Bonchev–Trinajstić information content (AvgIpc) is 3.83. The number of fused-ring (bicyclic) bond motifs is 4. The summed E-state index contributed by atoms with van der Waals surface area (Å²) in [7, 11) is 0. The number of hydrogen-bond donors (Lipinski definition) is 0. The third kappa shape index (κ3) is 6.16. The van der Waals surface area contributed by atoms with Crippen LogP contribution in [0.1, 0.15) is 16.0 Å². The third-order valence-electron chi connectivity index (χ3n) is 9.76. The molecular formula is C49H31N5OS. The van der Waals surface area contributed by atoms with Crippen molar-refractivity contribution in [3.8, 4) is 56.8 Å². The lowest BCUT2D eigenvalue weighted by atomic mass is 10.1. The number of thiophene rings is 1. The first-order valence-electron chi connectivity index (χ1n) is 18.3. The molecule has 4 heterocycles. The minimum absolute atomic E-state index is 0.619. The first-order valence-corrected chi connectivity index (χ1v) is 19.1. The fraction of sp³-hybridized carbons (Fsp3) is 0. The molecule has 0 aliphatic rings. The summed E-state index contributed by atoms with van der Waals surface area (Å²) in [5.41, 5.74) is 9.83. The molecule has 10 aromatic rings. The first-order chi connectivity index (χ1) is 27.7. The Balaban J connectivity index is 1.02. The maximum atomic E-state index is 6.31. The Bertz CT molecular complexity index is 3040. The Kier molecular flexibility index (Phi) is 8.39. The largest absolute Gasteiger partial charge is 0.452 e.